The number of hydrogen-bond donors (Lipinski definition) is 3. The van der Waals surface area contributed by atoms with Gasteiger partial charge in [0.2, 0.25) is 11.8 Å². The normalized spacial score (nSPS) is 12.1. The lowest BCUT2D eigenvalue weighted by Gasteiger charge is -2.11. The first-order valence-corrected chi connectivity index (χ1v) is 6.83. The van der Waals surface area contributed by atoms with Crippen LogP contribution in [0.2, 0.25) is 0 Å². The smallest absolute Gasteiger partial charge is 0.237 e. The van der Waals surface area contributed by atoms with Gasteiger partial charge in [0.15, 0.2) is 0 Å². The highest BCUT2D eigenvalue weighted by Gasteiger charge is 2.14. The molecule has 0 spiro atoms. The van der Waals surface area contributed by atoms with Gasteiger partial charge in [-0.2, -0.15) is 0 Å². The van der Waals surface area contributed by atoms with Crippen molar-refractivity contribution in [1.82, 2.24) is 10.3 Å². The Morgan fingerprint density at radius 2 is 2.14 bits per heavy atom. The first kappa shape index (κ1) is 15.1. The Bertz CT molecular complexity index is 592. The SMILES string of the molecule is CCc1cnc(CNC(=O)C(N)Cc2ccc(O)cc2)o1. The predicted octanol–water partition coefficient (Wildman–Crippen LogP) is 1.13. The van der Waals surface area contributed by atoms with E-state index in [4.69, 9.17) is 10.2 Å². The Balaban J connectivity index is 1.83. The Hall–Kier alpha value is -2.34. The molecule has 6 nitrogen and oxygen atoms in total. The van der Waals surface area contributed by atoms with Gasteiger partial charge in [-0.05, 0) is 24.1 Å². The van der Waals surface area contributed by atoms with Crippen LogP contribution in [0.3, 0.4) is 0 Å². The highest BCUT2D eigenvalue weighted by Crippen LogP contribution is 2.11. The van der Waals surface area contributed by atoms with E-state index in [0.29, 0.717) is 12.3 Å². The number of phenols is 1. The van der Waals surface area contributed by atoms with Gasteiger partial charge >= 0.3 is 0 Å². The van der Waals surface area contributed by atoms with Gasteiger partial charge in [-0.1, -0.05) is 19.1 Å². The van der Waals surface area contributed by atoms with Crippen molar-refractivity contribution >= 4 is 5.91 Å². The second kappa shape index (κ2) is 6.90. The van der Waals surface area contributed by atoms with Crippen LogP contribution in [0.15, 0.2) is 34.9 Å². The molecule has 0 saturated carbocycles. The van der Waals surface area contributed by atoms with Crippen LogP contribution in [0.5, 0.6) is 5.75 Å². The van der Waals surface area contributed by atoms with Gasteiger partial charge in [0.1, 0.15) is 11.5 Å². The lowest BCUT2D eigenvalue weighted by atomic mass is 10.1. The number of phenolic OH excluding ortho intramolecular Hbond substituents is 1. The maximum absolute atomic E-state index is 11.9. The molecule has 1 aromatic heterocycles. The number of benzene rings is 1. The number of rotatable bonds is 6. The van der Waals surface area contributed by atoms with Crippen LogP contribution >= 0.6 is 0 Å². The number of nitrogens with zero attached hydrogens (tertiary/aromatic N) is 1. The Kier molecular flexibility index (Phi) is 4.94. The second-order valence-corrected chi connectivity index (χ2v) is 4.77. The molecule has 2 rings (SSSR count). The van der Waals surface area contributed by atoms with Crippen LogP contribution in [0, 0.1) is 0 Å². The van der Waals surface area contributed by atoms with Crippen LogP contribution in [-0.2, 0) is 24.2 Å². The van der Waals surface area contributed by atoms with Crippen molar-refractivity contribution in [1.29, 1.82) is 0 Å². The predicted molar refractivity (Wildman–Crippen MR) is 77.5 cm³/mol. The van der Waals surface area contributed by atoms with E-state index in [1.807, 2.05) is 6.92 Å². The van der Waals surface area contributed by atoms with Crippen LogP contribution in [0.25, 0.3) is 0 Å². The number of oxazole rings is 1. The molecule has 0 aliphatic carbocycles. The zero-order valence-corrected chi connectivity index (χ0v) is 11.9. The second-order valence-electron chi connectivity index (χ2n) is 4.77. The number of aromatic hydroxyl groups is 1. The number of amides is 1. The van der Waals surface area contributed by atoms with Crippen molar-refractivity contribution in [3.63, 3.8) is 0 Å². The van der Waals surface area contributed by atoms with Crippen LogP contribution in [-0.4, -0.2) is 22.0 Å². The maximum atomic E-state index is 11.9. The van der Waals surface area contributed by atoms with Gasteiger partial charge in [0.25, 0.3) is 0 Å². The first-order chi connectivity index (χ1) is 10.1. The van der Waals surface area contributed by atoms with E-state index >= 15 is 0 Å². The molecule has 1 unspecified atom stereocenters. The number of hydrogen-bond acceptors (Lipinski definition) is 5. The molecule has 1 aromatic carbocycles. The summed E-state index contributed by atoms with van der Waals surface area (Å²) in [6.07, 6.45) is 2.82. The fourth-order valence-corrected chi connectivity index (χ4v) is 1.87. The molecule has 112 valence electrons. The topological polar surface area (TPSA) is 101 Å². The van der Waals surface area contributed by atoms with Gasteiger partial charge in [0.05, 0.1) is 18.8 Å². The molecule has 0 aliphatic rings. The van der Waals surface area contributed by atoms with E-state index in [9.17, 15) is 9.90 Å². The summed E-state index contributed by atoms with van der Waals surface area (Å²) in [4.78, 5) is 16.0. The third-order valence-electron chi connectivity index (χ3n) is 3.09. The summed E-state index contributed by atoms with van der Waals surface area (Å²) in [7, 11) is 0. The van der Waals surface area contributed by atoms with Crippen molar-refractivity contribution in [2.24, 2.45) is 5.73 Å². The minimum atomic E-state index is -0.657. The minimum Gasteiger partial charge on any atom is -0.508 e. The highest BCUT2D eigenvalue weighted by molar-refractivity contribution is 5.81. The number of carbonyl (C=O) groups excluding carboxylic acids is 1. The summed E-state index contributed by atoms with van der Waals surface area (Å²) in [5.74, 6) is 1.18. The molecule has 0 fully saturated rings. The number of nitrogens with one attached hydrogen (secondary N) is 1. The zero-order valence-electron chi connectivity index (χ0n) is 11.9. The average Bonchev–Trinajstić information content (AvgIpc) is 2.95. The maximum Gasteiger partial charge on any atom is 0.237 e. The Labute approximate surface area is 123 Å². The monoisotopic (exact) mass is 289 g/mol. The van der Waals surface area contributed by atoms with Gasteiger partial charge in [0, 0.05) is 6.42 Å². The van der Waals surface area contributed by atoms with E-state index in [2.05, 4.69) is 10.3 Å². The number of nitrogens with two attached hydrogens (primary N) is 1. The zero-order chi connectivity index (χ0) is 15.2. The minimum absolute atomic E-state index is 0.187. The molecule has 2 aromatic rings. The number of aryl methyl sites for hydroxylation is 1. The fraction of sp³-hybridized carbons (Fsp3) is 0.333. The standard InChI is InChI=1S/C15H19N3O3/c1-2-12-8-17-14(21-12)9-18-15(20)13(16)7-10-3-5-11(19)6-4-10/h3-6,8,13,19H,2,7,9,16H2,1H3,(H,18,20). The summed E-state index contributed by atoms with van der Waals surface area (Å²) in [5, 5.41) is 11.9. The number of aromatic nitrogens is 1. The van der Waals surface area contributed by atoms with Crippen LogP contribution in [0.1, 0.15) is 24.1 Å². The molecular weight excluding hydrogens is 270 g/mol. The van der Waals surface area contributed by atoms with E-state index in [1.54, 1.807) is 30.5 Å². The molecule has 1 atom stereocenters. The van der Waals surface area contributed by atoms with Crippen molar-refractivity contribution in [3.8, 4) is 5.75 Å². The molecule has 21 heavy (non-hydrogen) atoms. The largest absolute Gasteiger partial charge is 0.508 e. The molecular formula is C15H19N3O3. The Morgan fingerprint density at radius 3 is 2.76 bits per heavy atom. The summed E-state index contributed by atoms with van der Waals surface area (Å²) in [6.45, 7) is 2.19. The molecule has 0 aliphatic heterocycles. The molecule has 0 saturated heterocycles. The molecule has 6 heteroatoms. The number of carbonyl (C=O) groups is 1. The lowest BCUT2D eigenvalue weighted by Crippen LogP contribution is -2.41. The third-order valence-corrected chi connectivity index (χ3v) is 3.09. The Morgan fingerprint density at radius 1 is 1.43 bits per heavy atom. The van der Waals surface area contributed by atoms with Gasteiger partial charge in [-0.15, -0.1) is 0 Å². The molecule has 1 heterocycles. The summed E-state index contributed by atoms with van der Waals surface area (Å²) in [5.41, 5.74) is 6.75. The van der Waals surface area contributed by atoms with Gasteiger partial charge in [-0.25, -0.2) is 4.98 Å². The van der Waals surface area contributed by atoms with E-state index < -0.39 is 6.04 Å². The van der Waals surface area contributed by atoms with E-state index in [0.717, 1.165) is 17.7 Å². The summed E-state index contributed by atoms with van der Waals surface area (Å²) < 4.78 is 5.40. The summed E-state index contributed by atoms with van der Waals surface area (Å²) in [6, 6.07) is 5.96. The quantitative estimate of drug-likeness (QED) is 0.740. The fourth-order valence-electron chi connectivity index (χ4n) is 1.87. The van der Waals surface area contributed by atoms with Gasteiger partial charge < -0.3 is 20.6 Å². The first-order valence-electron chi connectivity index (χ1n) is 6.83. The van der Waals surface area contributed by atoms with Crippen LogP contribution < -0.4 is 11.1 Å². The van der Waals surface area contributed by atoms with Crippen LogP contribution in [0.4, 0.5) is 0 Å². The van der Waals surface area contributed by atoms with Crippen molar-refractivity contribution in [3.05, 3.63) is 47.7 Å². The molecule has 0 bridgehead atoms. The van der Waals surface area contributed by atoms with E-state index in [-0.39, 0.29) is 18.2 Å². The molecule has 4 N–H and O–H groups in total. The lowest BCUT2D eigenvalue weighted by molar-refractivity contribution is -0.122. The van der Waals surface area contributed by atoms with Crippen molar-refractivity contribution in [2.45, 2.75) is 32.4 Å². The van der Waals surface area contributed by atoms with Crippen molar-refractivity contribution < 1.29 is 14.3 Å². The molecule has 0 radical (unpaired) electrons. The van der Waals surface area contributed by atoms with Crippen molar-refractivity contribution in [2.75, 3.05) is 0 Å². The summed E-state index contributed by atoms with van der Waals surface area (Å²) >= 11 is 0. The van der Waals surface area contributed by atoms with E-state index in [1.165, 1.54) is 0 Å². The van der Waals surface area contributed by atoms with Gasteiger partial charge in [-0.3, -0.25) is 4.79 Å². The average molecular weight is 289 g/mol. The highest BCUT2D eigenvalue weighted by atomic mass is 16.4. The third kappa shape index (κ3) is 4.32. The molecule has 1 amide bonds.